The molecule has 0 saturated carbocycles. The van der Waals surface area contributed by atoms with Gasteiger partial charge in [0.2, 0.25) is 12.4 Å². The molecule has 0 bridgehead atoms. The van der Waals surface area contributed by atoms with Gasteiger partial charge in [0, 0.05) is 11.1 Å². The molecule has 0 saturated heterocycles. The molecule has 92 valence electrons. The van der Waals surface area contributed by atoms with Crippen LogP contribution in [0.2, 0.25) is 0 Å². The predicted octanol–water partition coefficient (Wildman–Crippen LogP) is 3.17. The van der Waals surface area contributed by atoms with Gasteiger partial charge in [0.05, 0.1) is 0 Å². The Hall–Kier alpha value is -2.36. The third-order valence-corrected chi connectivity index (χ3v) is 2.14. The van der Waals surface area contributed by atoms with Crippen LogP contribution in [0.25, 0.3) is 16.2 Å². The summed E-state index contributed by atoms with van der Waals surface area (Å²) in [6.45, 7) is 6.91. The first-order valence-electron chi connectivity index (χ1n) is 4.84. The Kier molecular flexibility index (Phi) is 3.02. The van der Waals surface area contributed by atoms with Gasteiger partial charge in [0.15, 0.2) is 0 Å². The maximum atomic E-state index is 12.3. The van der Waals surface area contributed by atoms with Crippen LogP contribution >= 0.6 is 0 Å². The van der Waals surface area contributed by atoms with Crippen molar-refractivity contribution < 1.29 is 17.7 Å². The summed E-state index contributed by atoms with van der Waals surface area (Å²) in [6.07, 6.45) is -4.64. The summed E-state index contributed by atoms with van der Waals surface area (Å²) in [4.78, 5) is 6.46. The highest BCUT2D eigenvalue weighted by Gasteiger charge is 2.38. The maximum Gasteiger partial charge on any atom is 0.471 e. The van der Waals surface area contributed by atoms with Gasteiger partial charge in [-0.05, 0) is 0 Å². The normalized spacial score (nSPS) is 11.2. The zero-order valence-electron chi connectivity index (χ0n) is 8.90. The second-order valence-electron chi connectivity index (χ2n) is 3.43. The van der Waals surface area contributed by atoms with Crippen molar-refractivity contribution in [2.45, 2.75) is 12.7 Å². The molecular formula is C11H6F3N3O. The fraction of sp³-hybridized carbons (Fsp3) is 0.182. The molecule has 2 aromatic rings. The van der Waals surface area contributed by atoms with Crippen molar-refractivity contribution in [1.29, 1.82) is 0 Å². The van der Waals surface area contributed by atoms with Crippen molar-refractivity contribution in [3.05, 3.63) is 47.1 Å². The van der Waals surface area contributed by atoms with Crippen molar-refractivity contribution in [3.63, 3.8) is 0 Å². The quantitative estimate of drug-likeness (QED) is 0.772. The van der Waals surface area contributed by atoms with Crippen molar-refractivity contribution in [2.24, 2.45) is 0 Å². The fourth-order valence-corrected chi connectivity index (χ4v) is 1.31. The molecule has 0 fully saturated rings. The predicted molar refractivity (Wildman–Crippen MR) is 55.0 cm³/mol. The van der Waals surface area contributed by atoms with Crippen molar-refractivity contribution in [1.82, 2.24) is 10.1 Å². The first kappa shape index (κ1) is 12.1. The van der Waals surface area contributed by atoms with E-state index in [0.29, 0.717) is 5.56 Å². The summed E-state index contributed by atoms with van der Waals surface area (Å²) >= 11 is 0. The number of hydrogen-bond donors (Lipinski definition) is 0. The summed E-state index contributed by atoms with van der Waals surface area (Å²) in [5.41, 5.74) is 1.18. The van der Waals surface area contributed by atoms with E-state index in [4.69, 9.17) is 6.57 Å². The molecule has 4 nitrogen and oxygen atoms in total. The first-order valence-corrected chi connectivity index (χ1v) is 4.84. The summed E-state index contributed by atoms with van der Waals surface area (Å²) in [7, 11) is 0. The Labute approximate surface area is 99.9 Å². The van der Waals surface area contributed by atoms with Gasteiger partial charge in [-0.1, -0.05) is 29.4 Å². The summed E-state index contributed by atoms with van der Waals surface area (Å²) in [5, 5.41) is 3.26. The smallest absolute Gasteiger partial charge is 0.329 e. The van der Waals surface area contributed by atoms with E-state index in [2.05, 4.69) is 19.5 Å². The highest BCUT2D eigenvalue weighted by Crippen LogP contribution is 2.29. The van der Waals surface area contributed by atoms with Gasteiger partial charge in [-0.25, -0.2) is 6.57 Å². The molecule has 0 atom stereocenters. The van der Waals surface area contributed by atoms with Crippen LogP contribution in [0.4, 0.5) is 13.2 Å². The molecular weight excluding hydrogens is 247 g/mol. The van der Waals surface area contributed by atoms with Crippen molar-refractivity contribution in [3.8, 4) is 11.4 Å². The lowest BCUT2D eigenvalue weighted by Gasteiger charge is -1.96. The zero-order chi connectivity index (χ0) is 13.2. The van der Waals surface area contributed by atoms with Crippen molar-refractivity contribution in [2.75, 3.05) is 0 Å². The summed E-state index contributed by atoms with van der Waals surface area (Å²) < 4.78 is 40.9. The van der Waals surface area contributed by atoms with E-state index in [1.807, 2.05) is 0 Å². The second kappa shape index (κ2) is 4.49. The van der Waals surface area contributed by atoms with Crippen LogP contribution in [0.1, 0.15) is 11.5 Å². The largest absolute Gasteiger partial charge is 0.471 e. The molecule has 0 unspecified atom stereocenters. The number of aromatic nitrogens is 2. The topological polar surface area (TPSA) is 43.3 Å². The van der Waals surface area contributed by atoms with Crippen LogP contribution < -0.4 is 0 Å². The van der Waals surface area contributed by atoms with Crippen LogP contribution in [-0.2, 0) is 12.7 Å². The fourth-order valence-electron chi connectivity index (χ4n) is 1.31. The molecule has 1 aromatic heterocycles. The van der Waals surface area contributed by atoms with Gasteiger partial charge in [-0.15, -0.1) is 0 Å². The van der Waals surface area contributed by atoms with E-state index in [-0.39, 0.29) is 12.4 Å². The molecule has 0 aliphatic rings. The van der Waals surface area contributed by atoms with Crippen LogP contribution in [-0.4, -0.2) is 10.1 Å². The molecule has 2 rings (SSSR count). The molecule has 7 heteroatoms. The van der Waals surface area contributed by atoms with Gasteiger partial charge >= 0.3 is 12.1 Å². The first-order chi connectivity index (χ1) is 8.50. The molecule has 0 N–H and O–H groups in total. The Morgan fingerprint density at radius 1 is 1.22 bits per heavy atom. The van der Waals surface area contributed by atoms with Crippen LogP contribution in [0.15, 0.2) is 28.8 Å². The monoisotopic (exact) mass is 253 g/mol. The third kappa shape index (κ3) is 2.48. The lowest BCUT2D eigenvalue weighted by molar-refractivity contribution is -0.159. The average molecular weight is 253 g/mol. The van der Waals surface area contributed by atoms with Gasteiger partial charge in [0.25, 0.3) is 0 Å². The molecule has 0 spiro atoms. The van der Waals surface area contributed by atoms with E-state index < -0.39 is 12.1 Å². The Morgan fingerprint density at radius 2 is 1.89 bits per heavy atom. The second-order valence-corrected chi connectivity index (χ2v) is 3.43. The average Bonchev–Trinajstić information content (AvgIpc) is 2.79. The molecule has 0 aliphatic carbocycles. The SMILES string of the molecule is [C-]#[N+]Cc1ccc(-c2noc(C(F)(F)F)n2)cc1. The summed E-state index contributed by atoms with van der Waals surface area (Å²) in [6, 6.07) is 6.37. The zero-order valence-corrected chi connectivity index (χ0v) is 8.90. The lowest BCUT2D eigenvalue weighted by Crippen LogP contribution is -2.04. The minimum Gasteiger partial charge on any atom is -0.329 e. The Morgan fingerprint density at radius 3 is 2.39 bits per heavy atom. The minimum atomic E-state index is -4.64. The maximum absolute atomic E-state index is 12.3. The van der Waals surface area contributed by atoms with Crippen molar-refractivity contribution >= 4 is 0 Å². The van der Waals surface area contributed by atoms with Crippen LogP contribution in [0.5, 0.6) is 0 Å². The minimum absolute atomic E-state index is 0.128. The van der Waals surface area contributed by atoms with Gasteiger partial charge in [-0.3, -0.25) is 0 Å². The van der Waals surface area contributed by atoms with Gasteiger partial charge in [0.1, 0.15) is 0 Å². The molecule has 18 heavy (non-hydrogen) atoms. The van der Waals surface area contributed by atoms with Gasteiger partial charge in [-0.2, -0.15) is 18.2 Å². The number of hydrogen-bond acceptors (Lipinski definition) is 3. The molecule has 1 aromatic carbocycles. The van der Waals surface area contributed by atoms with E-state index in [0.717, 1.165) is 5.56 Å². The highest BCUT2D eigenvalue weighted by atomic mass is 19.4. The van der Waals surface area contributed by atoms with E-state index in [1.54, 1.807) is 24.3 Å². The van der Waals surface area contributed by atoms with E-state index in [9.17, 15) is 13.2 Å². The number of rotatable bonds is 2. The molecule has 0 radical (unpaired) electrons. The Balaban J connectivity index is 2.27. The number of alkyl halides is 3. The van der Waals surface area contributed by atoms with E-state index >= 15 is 0 Å². The molecule has 0 amide bonds. The highest BCUT2D eigenvalue weighted by molar-refractivity contribution is 5.54. The lowest BCUT2D eigenvalue weighted by atomic mass is 10.1. The van der Waals surface area contributed by atoms with Gasteiger partial charge < -0.3 is 9.37 Å². The van der Waals surface area contributed by atoms with E-state index in [1.165, 1.54) is 0 Å². The summed E-state index contributed by atoms with van der Waals surface area (Å²) in [5.74, 6) is -1.50. The number of nitrogens with zero attached hydrogens (tertiary/aromatic N) is 3. The standard InChI is InChI=1S/C11H6F3N3O/c1-15-6-7-2-4-8(5-3-7)9-16-10(18-17-9)11(12,13)14/h2-5H,6H2. The molecule has 0 aliphatic heterocycles. The molecule has 1 heterocycles. The van der Waals surface area contributed by atoms with Crippen LogP contribution in [0.3, 0.4) is 0 Å². The third-order valence-electron chi connectivity index (χ3n) is 2.14. The Bertz CT molecular complexity index is 581. The number of benzene rings is 1. The number of halogens is 3. The van der Waals surface area contributed by atoms with Crippen LogP contribution in [0, 0.1) is 6.57 Å².